The van der Waals surface area contributed by atoms with Gasteiger partial charge in [0.05, 0.1) is 11.4 Å². The summed E-state index contributed by atoms with van der Waals surface area (Å²) in [5.41, 5.74) is 12.4. The first kappa shape index (κ1) is 22.6. The van der Waals surface area contributed by atoms with Gasteiger partial charge in [-0.1, -0.05) is 109 Å². The number of fused-ring (bicyclic) bond motifs is 3. The third-order valence-corrected chi connectivity index (χ3v) is 7.78. The number of hydrogen-bond donors (Lipinski definition) is 0. The number of hydrogen-bond acceptors (Lipinski definition) is 3. The van der Waals surface area contributed by atoms with E-state index in [1.54, 1.807) is 0 Å². The molecule has 0 N–H and O–H groups in total. The van der Waals surface area contributed by atoms with Gasteiger partial charge in [0, 0.05) is 29.1 Å². The SMILES string of the molecule is c1ccc(-c2nc(-c3ccc(-c4ccncc4)cc3)cc(-c3ccc4c5c(cccc35)-c3ccccc3-4)n2)cc1. The maximum absolute atomic E-state index is 5.13. The Balaban J connectivity index is 1.32. The van der Waals surface area contributed by atoms with Gasteiger partial charge in [0.2, 0.25) is 0 Å². The van der Waals surface area contributed by atoms with Gasteiger partial charge in [0.1, 0.15) is 0 Å². The molecule has 2 heterocycles. The second kappa shape index (κ2) is 9.11. The molecule has 0 spiro atoms. The Morgan fingerprint density at radius 1 is 0.375 bits per heavy atom. The predicted molar refractivity (Wildman–Crippen MR) is 164 cm³/mol. The highest BCUT2D eigenvalue weighted by atomic mass is 14.9. The zero-order valence-electron chi connectivity index (χ0n) is 21.6. The molecule has 3 nitrogen and oxygen atoms in total. The monoisotopic (exact) mass is 509 g/mol. The fourth-order valence-corrected chi connectivity index (χ4v) is 5.86. The van der Waals surface area contributed by atoms with Crippen LogP contribution in [0, 0.1) is 0 Å². The topological polar surface area (TPSA) is 38.7 Å². The summed E-state index contributed by atoms with van der Waals surface area (Å²) < 4.78 is 0. The maximum atomic E-state index is 5.13. The number of nitrogens with zero attached hydrogens (tertiary/aromatic N) is 3. The van der Waals surface area contributed by atoms with Crippen LogP contribution in [-0.4, -0.2) is 15.0 Å². The Bertz CT molecular complexity index is 2000. The molecule has 0 bridgehead atoms. The van der Waals surface area contributed by atoms with Crippen LogP contribution in [0.1, 0.15) is 0 Å². The molecule has 5 aromatic carbocycles. The molecule has 2 aromatic heterocycles. The number of benzene rings is 5. The maximum Gasteiger partial charge on any atom is 0.160 e. The Kier molecular flexibility index (Phi) is 5.14. The van der Waals surface area contributed by atoms with Gasteiger partial charge in [-0.3, -0.25) is 4.98 Å². The summed E-state index contributed by atoms with van der Waals surface area (Å²) in [5, 5.41) is 2.51. The third kappa shape index (κ3) is 3.63. The molecular weight excluding hydrogens is 486 g/mol. The van der Waals surface area contributed by atoms with E-state index in [0.29, 0.717) is 0 Å². The molecule has 186 valence electrons. The molecule has 0 unspecified atom stereocenters. The van der Waals surface area contributed by atoms with Crippen molar-refractivity contribution < 1.29 is 0 Å². The molecule has 0 amide bonds. The quantitative estimate of drug-likeness (QED) is 0.237. The molecule has 0 saturated carbocycles. The number of rotatable bonds is 4. The summed E-state index contributed by atoms with van der Waals surface area (Å²) in [4.78, 5) is 14.3. The minimum atomic E-state index is 0.720. The van der Waals surface area contributed by atoms with Gasteiger partial charge >= 0.3 is 0 Å². The van der Waals surface area contributed by atoms with Gasteiger partial charge in [-0.25, -0.2) is 9.97 Å². The molecule has 40 heavy (non-hydrogen) atoms. The van der Waals surface area contributed by atoms with Crippen LogP contribution < -0.4 is 0 Å². The van der Waals surface area contributed by atoms with E-state index in [4.69, 9.17) is 9.97 Å². The van der Waals surface area contributed by atoms with Crippen molar-refractivity contribution in [3.05, 3.63) is 140 Å². The average Bonchev–Trinajstić information content (AvgIpc) is 3.37. The lowest BCUT2D eigenvalue weighted by Gasteiger charge is -2.13. The molecule has 1 aliphatic rings. The van der Waals surface area contributed by atoms with Crippen molar-refractivity contribution in [2.75, 3.05) is 0 Å². The third-order valence-electron chi connectivity index (χ3n) is 7.78. The lowest BCUT2D eigenvalue weighted by atomic mass is 9.96. The summed E-state index contributed by atoms with van der Waals surface area (Å²) in [6.07, 6.45) is 3.64. The van der Waals surface area contributed by atoms with E-state index < -0.39 is 0 Å². The van der Waals surface area contributed by atoms with Crippen LogP contribution in [0.5, 0.6) is 0 Å². The molecule has 0 atom stereocenters. The van der Waals surface area contributed by atoms with Crippen molar-refractivity contribution >= 4 is 10.8 Å². The standard InChI is InChI=1S/C37H23N3/c1-2-7-27(8-3-1)37-39-34(26-15-13-24(14-16-26)25-19-21-38-22-20-25)23-35(40-37)30-17-18-33-29-10-5-4-9-28(29)31-11-6-12-32(30)36(31)33/h1-23H. The van der Waals surface area contributed by atoms with E-state index in [2.05, 4.69) is 102 Å². The van der Waals surface area contributed by atoms with Crippen LogP contribution in [0.15, 0.2) is 140 Å². The second-order valence-electron chi connectivity index (χ2n) is 10.1. The predicted octanol–water partition coefficient (Wildman–Crippen LogP) is 9.34. The normalized spacial score (nSPS) is 11.5. The van der Waals surface area contributed by atoms with E-state index in [1.165, 1.54) is 33.0 Å². The number of pyridine rings is 1. The van der Waals surface area contributed by atoms with Crippen LogP contribution >= 0.6 is 0 Å². The van der Waals surface area contributed by atoms with Gasteiger partial charge in [-0.15, -0.1) is 0 Å². The van der Waals surface area contributed by atoms with Crippen LogP contribution in [0.25, 0.3) is 78.1 Å². The van der Waals surface area contributed by atoms with Gasteiger partial charge < -0.3 is 0 Å². The lowest BCUT2D eigenvalue weighted by Crippen LogP contribution is -1.96. The van der Waals surface area contributed by atoms with E-state index in [1.807, 2.05) is 42.7 Å². The van der Waals surface area contributed by atoms with Gasteiger partial charge in [-0.2, -0.15) is 0 Å². The van der Waals surface area contributed by atoms with Crippen LogP contribution in [-0.2, 0) is 0 Å². The highest BCUT2D eigenvalue weighted by molar-refractivity contribution is 6.18. The zero-order valence-corrected chi connectivity index (χ0v) is 21.6. The molecule has 7 aromatic rings. The Labute approximate surface area is 232 Å². The highest BCUT2D eigenvalue weighted by Crippen LogP contribution is 2.49. The van der Waals surface area contributed by atoms with Gasteiger partial charge in [-0.05, 0) is 62.4 Å². The summed E-state index contributed by atoms with van der Waals surface area (Å²) in [6, 6.07) is 44.7. The van der Waals surface area contributed by atoms with Gasteiger partial charge in [0.25, 0.3) is 0 Å². The molecule has 0 aliphatic heterocycles. The average molecular weight is 510 g/mol. The molecule has 3 heteroatoms. The van der Waals surface area contributed by atoms with Crippen molar-refractivity contribution in [1.29, 1.82) is 0 Å². The summed E-state index contributed by atoms with van der Waals surface area (Å²) in [5.74, 6) is 0.720. The molecule has 0 saturated heterocycles. The molecular formula is C37H23N3. The fourth-order valence-electron chi connectivity index (χ4n) is 5.86. The van der Waals surface area contributed by atoms with Crippen LogP contribution in [0.2, 0.25) is 0 Å². The summed E-state index contributed by atoms with van der Waals surface area (Å²) >= 11 is 0. The van der Waals surface area contributed by atoms with E-state index >= 15 is 0 Å². The minimum absolute atomic E-state index is 0.720. The van der Waals surface area contributed by atoms with Crippen molar-refractivity contribution in [1.82, 2.24) is 15.0 Å². The van der Waals surface area contributed by atoms with E-state index in [9.17, 15) is 0 Å². The lowest BCUT2D eigenvalue weighted by molar-refractivity contribution is 1.18. The molecule has 8 rings (SSSR count). The smallest absolute Gasteiger partial charge is 0.160 e. The first-order valence-electron chi connectivity index (χ1n) is 13.4. The van der Waals surface area contributed by atoms with Crippen molar-refractivity contribution in [3.63, 3.8) is 0 Å². The Hall–Kier alpha value is -5.41. The molecule has 0 fully saturated rings. The molecule has 0 radical (unpaired) electrons. The Morgan fingerprint density at radius 2 is 0.975 bits per heavy atom. The highest BCUT2D eigenvalue weighted by Gasteiger charge is 2.23. The van der Waals surface area contributed by atoms with Crippen molar-refractivity contribution in [2.45, 2.75) is 0 Å². The molecule has 1 aliphatic carbocycles. The van der Waals surface area contributed by atoms with Crippen LogP contribution in [0.4, 0.5) is 0 Å². The minimum Gasteiger partial charge on any atom is -0.265 e. The van der Waals surface area contributed by atoms with Crippen LogP contribution in [0.3, 0.4) is 0 Å². The summed E-state index contributed by atoms with van der Waals surface area (Å²) in [6.45, 7) is 0. The Morgan fingerprint density at radius 3 is 1.75 bits per heavy atom. The van der Waals surface area contributed by atoms with E-state index in [-0.39, 0.29) is 0 Å². The van der Waals surface area contributed by atoms with Crippen molar-refractivity contribution in [2.24, 2.45) is 0 Å². The number of aromatic nitrogens is 3. The second-order valence-corrected chi connectivity index (χ2v) is 10.1. The summed E-state index contributed by atoms with van der Waals surface area (Å²) in [7, 11) is 0. The van der Waals surface area contributed by atoms with E-state index in [0.717, 1.165) is 45.0 Å². The van der Waals surface area contributed by atoms with Crippen molar-refractivity contribution in [3.8, 4) is 67.3 Å². The van der Waals surface area contributed by atoms with Gasteiger partial charge in [0.15, 0.2) is 5.82 Å². The zero-order chi connectivity index (χ0) is 26.5. The first-order valence-corrected chi connectivity index (χ1v) is 13.4. The first-order chi connectivity index (χ1) is 19.8. The fraction of sp³-hybridized carbons (Fsp3) is 0. The largest absolute Gasteiger partial charge is 0.265 e.